The summed E-state index contributed by atoms with van der Waals surface area (Å²) in [6.07, 6.45) is 0. The standard InChI is InChI=1S/C15H14FNO3S/c1-11-6-2-4-8-13(11)17-15(18)10-21(19,20)14-9-5-3-7-12(14)16/h2-9H,10H2,1H3,(H,17,18). The van der Waals surface area contributed by atoms with E-state index in [1.54, 1.807) is 31.2 Å². The molecule has 0 bridgehead atoms. The molecule has 0 aromatic heterocycles. The van der Waals surface area contributed by atoms with Crippen molar-refractivity contribution in [2.45, 2.75) is 11.8 Å². The third-order valence-electron chi connectivity index (χ3n) is 2.91. The number of nitrogens with one attached hydrogen (secondary N) is 1. The second-order valence-electron chi connectivity index (χ2n) is 4.55. The van der Waals surface area contributed by atoms with Gasteiger partial charge in [0.2, 0.25) is 5.91 Å². The number of carbonyl (C=O) groups excluding carboxylic acids is 1. The number of carbonyl (C=O) groups is 1. The van der Waals surface area contributed by atoms with Gasteiger partial charge in [0.15, 0.2) is 9.84 Å². The summed E-state index contributed by atoms with van der Waals surface area (Å²) in [4.78, 5) is 11.4. The average Bonchev–Trinajstić information content (AvgIpc) is 2.41. The maximum atomic E-state index is 13.5. The molecule has 2 aromatic rings. The monoisotopic (exact) mass is 307 g/mol. The summed E-state index contributed by atoms with van der Waals surface area (Å²) in [5, 5.41) is 2.51. The van der Waals surface area contributed by atoms with Crippen LogP contribution in [-0.2, 0) is 14.6 Å². The number of amides is 1. The maximum absolute atomic E-state index is 13.5. The molecule has 0 aliphatic carbocycles. The van der Waals surface area contributed by atoms with Gasteiger partial charge in [-0.2, -0.15) is 0 Å². The summed E-state index contributed by atoms with van der Waals surface area (Å²) in [6, 6.07) is 12.0. The lowest BCUT2D eigenvalue weighted by atomic mass is 10.2. The highest BCUT2D eigenvalue weighted by atomic mass is 32.2. The van der Waals surface area contributed by atoms with Crippen molar-refractivity contribution in [2.24, 2.45) is 0 Å². The molecular weight excluding hydrogens is 293 g/mol. The third kappa shape index (κ3) is 3.66. The van der Waals surface area contributed by atoms with E-state index in [2.05, 4.69) is 5.32 Å². The number of hydrogen-bond acceptors (Lipinski definition) is 3. The number of sulfone groups is 1. The highest BCUT2D eigenvalue weighted by molar-refractivity contribution is 7.92. The quantitative estimate of drug-likeness (QED) is 0.944. The van der Waals surface area contributed by atoms with Crippen LogP contribution in [-0.4, -0.2) is 20.1 Å². The van der Waals surface area contributed by atoms with Crippen molar-refractivity contribution in [1.29, 1.82) is 0 Å². The summed E-state index contributed by atoms with van der Waals surface area (Å²) >= 11 is 0. The first-order valence-corrected chi connectivity index (χ1v) is 7.88. The maximum Gasteiger partial charge on any atom is 0.239 e. The Kier molecular flexibility index (Phi) is 4.37. The predicted molar refractivity (Wildman–Crippen MR) is 78.3 cm³/mol. The largest absolute Gasteiger partial charge is 0.325 e. The molecule has 0 saturated heterocycles. The van der Waals surface area contributed by atoms with E-state index in [4.69, 9.17) is 0 Å². The second kappa shape index (κ2) is 6.05. The van der Waals surface area contributed by atoms with Crippen LogP contribution in [0.4, 0.5) is 10.1 Å². The summed E-state index contributed by atoms with van der Waals surface area (Å²) < 4.78 is 37.6. The van der Waals surface area contributed by atoms with Gasteiger partial charge in [-0.05, 0) is 30.7 Å². The van der Waals surface area contributed by atoms with E-state index < -0.39 is 32.2 Å². The summed E-state index contributed by atoms with van der Waals surface area (Å²) in [6.45, 7) is 1.79. The van der Waals surface area contributed by atoms with Crippen molar-refractivity contribution in [3.8, 4) is 0 Å². The number of halogens is 1. The lowest BCUT2D eigenvalue weighted by Crippen LogP contribution is -2.23. The van der Waals surface area contributed by atoms with Gasteiger partial charge in [0.25, 0.3) is 0 Å². The molecule has 2 aromatic carbocycles. The molecule has 0 atom stereocenters. The number of para-hydroxylation sites is 1. The van der Waals surface area contributed by atoms with E-state index in [0.29, 0.717) is 5.69 Å². The first-order valence-electron chi connectivity index (χ1n) is 6.23. The van der Waals surface area contributed by atoms with E-state index in [-0.39, 0.29) is 0 Å². The molecule has 1 N–H and O–H groups in total. The first kappa shape index (κ1) is 15.2. The topological polar surface area (TPSA) is 63.2 Å². The van der Waals surface area contributed by atoms with Gasteiger partial charge in [-0.1, -0.05) is 30.3 Å². The molecule has 0 unspecified atom stereocenters. The molecular formula is C15H14FNO3S. The van der Waals surface area contributed by atoms with Gasteiger partial charge in [-0.25, -0.2) is 12.8 Å². The van der Waals surface area contributed by atoms with Crippen LogP contribution >= 0.6 is 0 Å². The van der Waals surface area contributed by atoms with Gasteiger partial charge in [-0.3, -0.25) is 4.79 Å². The minimum Gasteiger partial charge on any atom is -0.325 e. The molecule has 110 valence electrons. The van der Waals surface area contributed by atoms with Crippen LogP contribution in [0.2, 0.25) is 0 Å². The second-order valence-corrected chi connectivity index (χ2v) is 6.51. The Morgan fingerprint density at radius 1 is 1.10 bits per heavy atom. The summed E-state index contributed by atoms with van der Waals surface area (Å²) in [5.74, 6) is -2.36. The zero-order valence-corrected chi connectivity index (χ0v) is 12.2. The molecule has 0 aliphatic rings. The molecule has 0 saturated carbocycles. The molecule has 0 heterocycles. The minimum absolute atomic E-state index is 0.468. The van der Waals surface area contributed by atoms with Crippen LogP contribution < -0.4 is 5.32 Å². The first-order chi connectivity index (χ1) is 9.90. The molecule has 6 heteroatoms. The van der Waals surface area contributed by atoms with Crippen molar-refractivity contribution in [2.75, 3.05) is 11.1 Å². The van der Waals surface area contributed by atoms with E-state index in [9.17, 15) is 17.6 Å². The average molecular weight is 307 g/mol. The number of rotatable bonds is 4. The van der Waals surface area contributed by atoms with Gasteiger partial charge < -0.3 is 5.32 Å². The minimum atomic E-state index is -4.01. The summed E-state index contributed by atoms with van der Waals surface area (Å²) in [7, 11) is -4.01. The Morgan fingerprint density at radius 2 is 1.71 bits per heavy atom. The molecule has 1 amide bonds. The van der Waals surface area contributed by atoms with Crippen LogP contribution in [0.15, 0.2) is 53.4 Å². The van der Waals surface area contributed by atoms with Crippen molar-refractivity contribution < 1.29 is 17.6 Å². The van der Waals surface area contributed by atoms with E-state index in [1.165, 1.54) is 12.1 Å². The molecule has 2 rings (SSSR count). The van der Waals surface area contributed by atoms with Crippen LogP contribution in [0.3, 0.4) is 0 Å². The van der Waals surface area contributed by atoms with Gasteiger partial charge >= 0.3 is 0 Å². The number of anilines is 1. The molecule has 0 radical (unpaired) electrons. The van der Waals surface area contributed by atoms with Crippen molar-refractivity contribution in [3.05, 3.63) is 59.9 Å². The highest BCUT2D eigenvalue weighted by Crippen LogP contribution is 2.17. The van der Waals surface area contributed by atoms with Crippen molar-refractivity contribution >= 4 is 21.4 Å². The zero-order chi connectivity index (χ0) is 15.5. The molecule has 0 aliphatic heterocycles. The third-order valence-corrected chi connectivity index (χ3v) is 4.56. The van der Waals surface area contributed by atoms with Crippen LogP contribution in [0.5, 0.6) is 0 Å². The Morgan fingerprint density at radius 3 is 2.38 bits per heavy atom. The number of benzene rings is 2. The lowest BCUT2D eigenvalue weighted by Gasteiger charge is -2.09. The Labute approximate surface area is 122 Å². The van der Waals surface area contributed by atoms with Crippen molar-refractivity contribution in [1.82, 2.24) is 0 Å². The molecule has 0 spiro atoms. The number of hydrogen-bond donors (Lipinski definition) is 1. The Balaban J connectivity index is 2.16. The van der Waals surface area contributed by atoms with Gasteiger partial charge in [0.05, 0.1) is 0 Å². The molecule has 21 heavy (non-hydrogen) atoms. The van der Waals surface area contributed by atoms with Crippen LogP contribution in [0.25, 0.3) is 0 Å². The fourth-order valence-electron chi connectivity index (χ4n) is 1.85. The van der Waals surface area contributed by atoms with E-state index in [1.807, 2.05) is 0 Å². The fourth-order valence-corrected chi connectivity index (χ4v) is 3.07. The Bertz CT molecular complexity index is 772. The molecule has 0 fully saturated rings. The van der Waals surface area contributed by atoms with Gasteiger partial charge in [0, 0.05) is 5.69 Å². The van der Waals surface area contributed by atoms with Gasteiger partial charge in [-0.15, -0.1) is 0 Å². The van der Waals surface area contributed by atoms with Gasteiger partial charge in [0.1, 0.15) is 16.5 Å². The smallest absolute Gasteiger partial charge is 0.239 e. The highest BCUT2D eigenvalue weighted by Gasteiger charge is 2.22. The molecule has 4 nitrogen and oxygen atoms in total. The SMILES string of the molecule is Cc1ccccc1NC(=O)CS(=O)(=O)c1ccccc1F. The zero-order valence-electron chi connectivity index (χ0n) is 11.3. The normalized spacial score (nSPS) is 11.1. The Hall–Kier alpha value is -2.21. The van der Waals surface area contributed by atoms with Crippen LogP contribution in [0, 0.1) is 12.7 Å². The van der Waals surface area contributed by atoms with Crippen molar-refractivity contribution in [3.63, 3.8) is 0 Å². The fraction of sp³-hybridized carbons (Fsp3) is 0.133. The lowest BCUT2D eigenvalue weighted by molar-refractivity contribution is -0.113. The van der Waals surface area contributed by atoms with E-state index >= 15 is 0 Å². The van der Waals surface area contributed by atoms with E-state index in [0.717, 1.165) is 17.7 Å². The van der Waals surface area contributed by atoms with Crippen LogP contribution in [0.1, 0.15) is 5.56 Å². The number of aryl methyl sites for hydroxylation is 1. The predicted octanol–water partition coefficient (Wildman–Crippen LogP) is 2.55. The summed E-state index contributed by atoms with van der Waals surface area (Å²) in [5.41, 5.74) is 1.35.